The number of anilines is 1. The van der Waals surface area contributed by atoms with E-state index in [0.29, 0.717) is 18.5 Å². The minimum absolute atomic E-state index is 0.203. The van der Waals surface area contributed by atoms with Gasteiger partial charge < -0.3 is 10.2 Å². The molecule has 1 aliphatic heterocycles. The summed E-state index contributed by atoms with van der Waals surface area (Å²) in [5, 5.41) is 3.30. The van der Waals surface area contributed by atoms with Gasteiger partial charge in [-0.15, -0.1) is 0 Å². The minimum Gasteiger partial charge on any atom is -0.369 e. The molecule has 2 aliphatic rings. The summed E-state index contributed by atoms with van der Waals surface area (Å²) in [4.78, 5) is 17.1. The maximum atomic E-state index is 12.4. The highest BCUT2D eigenvalue weighted by atomic mass is 16.2. The summed E-state index contributed by atoms with van der Waals surface area (Å²) in [7, 11) is 0. The number of benzene rings is 1. The lowest BCUT2D eigenvalue weighted by molar-refractivity contribution is -0.123. The Morgan fingerprint density at radius 2 is 1.79 bits per heavy atom. The molecule has 0 radical (unpaired) electrons. The van der Waals surface area contributed by atoms with Crippen LogP contribution in [0.5, 0.6) is 0 Å². The SMILES string of the molecule is C[C@@H]1[C@H](C)CCC[C@H]1NC(=O)CN1CCN(c2ccccc2)CC1. The predicted molar refractivity (Wildman–Crippen MR) is 99.2 cm³/mol. The van der Waals surface area contributed by atoms with Crippen LogP contribution in [0.4, 0.5) is 5.69 Å². The van der Waals surface area contributed by atoms with Gasteiger partial charge in [-0.2, -0.15) is 0 Å². The summed E-state index contributed by atoms with van der Waals surface area (Å²) in [6.45, 7) is 9.04. The summed E-state index contributed by atoms with van der Waals surface area (Å²) in [6, 6.07) is 10.9. The second-order valence-corrected chi connectivity index (χ2v) is 7.54. The minimum atomic E-state index is 0.203. The molecule has 3 atom stereocenters. The zero-order valence-electron chi connectivity index (χ0n) is 15.1. The maximum Gasteiger partial charge on any atom is 0.234 e. The van der Waals surface area contributed by atoms with Crippen molar-refractivity contribution in [3.8, 4) is 0 Å². The Morgan fingerprint density at radius 1 is 1.08 bits per heavy atom. The Bertz CT molecular complexity index is 525. The van der Waals surface area contributed by atoms with E-state index in [2.05, 4.69) is 59.3 Å². The van der Waals surface area contributed by atoms with Crippen molar-refractivity contribution in [1.82, 2.24) is 10.2 Å². The van der Waals surface area contributed by atoms with Gasteiger partial charge in [-0.3, -0.25) is 9.69 Å². The molecule has 24 heavy (non-hydrogen) atoms. The first-order valence-corrected chi connectivity index (χ1v) is 9.45. The highest BCUT2D eigenvalue weighted by molar-refractivity contribution is 5.78. The molecular weight excluding hydrogens is 298 g/mol. The van der Waals surface area contributed by atoms with Crippen LogP contribution in [0.1, 0.15) is 33.1 Å². The average molecular weight is 329 g/mol. The third-order valence-electron chi connectivity index (χ3n) is 5.91. The van der Waals surface area contributed by atoms with Crippen molar-refractivity contribution < 1.29 is 4.79 Å². The molecule has 1 aliphatic carbocycles. The van der Waals surface area contributed by atoms with Gasteiger partial charge in [0, 0.05) is 37.9 Å². The van der Waals surface area contributed by atoms with Crippen molar-refractivity contribution in [3.05, 3.63) is 30.3 Å². The van der Waals surface area contributed by atoms with Gasteiger partial charge in [-0.1, -0.05) is 44.9 Å². The maximum absolute atomic E-state index is 12.4. The highest BCUT2D eigenvalue weighted by Gasteiger charge is 2.28. The largest absolute Gasteiger partial charge is 0.369 e. The zero-order valence-corrected chi connectivity index (χ0v) is 15.1. The molecule has 1 N–H and O–H groups in total. The molecule has 3 rings (SSSR count). The van der Waals surface area contributed by atoms with Gasteiger partial charge in [0.15, 0.2) is 0 Å². The van der Waals surface area contributed by atoms with Crippen LogP contribution >= 0.6 is 0 Å². The number of amides is 1. The number of nitrogens with zero attached hydrogens (tertiary/aromatic N) is 2. The number of piperazine rings is 1. The monoisotopic (exact) mass is 329 g/mol. The van der Waals surface area contributed by atoms with Crippen LogP contribution in [0.25, 0.3) is 0 Å². The van der Waals surface area contributed by atoms with E-state index >= 15 is 0 Å². The Kier molecular flexibility index (Phi) is 5.77. The molecular formula is C20H31N3O. The van der Waals surface area contributed by atoms with Gasteiger partial charge in [0.05, 0.1) is 6.54 Å². The quantitative estimate of drug-likeness (QED) is 0.922. The number of hydrogen-bond donors (Lipinski definition) is 1. The summed E-state index contributed by atoms with van der Waals surface area (Å²) in [5.41, 5.74) is 1.28. The van der Waals surface area contributed by atoms with Crippen molar-refractivity contribution >= 4 is 11.6 Å². The fourth-order valence-electron chi connectivity index (χ4n) is 4.04. The van der Waals surface area contributed by atoms with Crippen LogP contribution in [0, 0.1) is 11.8 Å². The number of carbonyl (C=O) groups is 1. The van der Waals surface area contributed by atoms with Gasteiger partial charge in [0.25, 0.3) is 0 Å². The van der Waals surface area contributed by atoms with Crippen LogP contribution in [-0.2, 0) is 4.79 Å². The Labute approximate surface area is 146 Å². The molecule has 0 spiro atoms. The van der Waals surface area contributed by atoms with Gasteiger partial charge in [-0.05, 0) is 30.4 Å². The lowest BCUT2D eigenvalue weighted by atomic mass is 9.78. The Balaban J connectivity index is 1.43. The van der Waals surface area contributed by atoms with Crippen molar-refractivity contribution in [2.75, 3.05) is 37.6 Å². The molecule has 1 heterocycles. The molecule has 1 aromatic rings. The molecule has 0 unspecified atom stereocenters. The molecule has 1 aromatic carbocycles. The normalized spacial score (nSPS) is 28.6. The van der Waals surface area contributed by atoms with Crippen LogP contribution in [0.15, 0.2) is 30.3 Å². The van der Waals surface area contributed by atoms with E-state index in [1.54, 1.807) is 0 Å². The van der Waals surface area contributed by atoms with E-state index in [0.717, 1.165) is 38.5 Å². The molecule has 132 valence electrons. The fraction of sp³-hybridized carbons (Fsp3) is 0.650. The van der Waals surface area contributed by atoms with Crippen LogP contribution < -0.4 is 10.2 Å². The van der Waals surface area contributed by atoms with E-state index in [1.807, 2.05) is 0 Å². The van der Waals surface area contributed by atoms with E-state index < -0.39 is 0 Å². The summed E-state index contributed by atoms with van der Waals surface area (Å²) >= 11 is 0. The molecule has 1 saturated carbocycles. The molecule has 1 amide bonds. The summed E-state index contributed by atoms with van der Waals surface area (Å²) < 4.78 is 0. The smallest absolute Gasteiger partial charge is 0.234 e. The first-order valence-electron chi connectivity index (χ1n) is 9.45. The van der Waals surface area contributed by atoms with E-state index in [9.17, 15) is 4.79 Å². The summed E-state index contributed by atoms with van der Waals surface area (Å²) in [6.07, 6.45) is 3.68. The van der Waals surface area contributed by atoms with Crippen molar-refractivity contribution in [1.29, 1.82) is 0 Å². The molecule has 4 heteroatoms. The van der Waals surface area contributed by atoms with Crippen LogP contribution in [-0.4, -0.2) is 49.6 Å². The highest BCUT2D eigenvalue weighted by Crippen LogP contribution is 2.29. The van der Waals surface area contributed by atoms with Crippen LogP contribution in [0.3, 0.4) is 0 Å². The Morgan fingerprint density at radius 3 is 2.50 bits per heavy atom. The van der Waals surface area contributed by atoms with Crippen molar-refractivity contribution in [3.63, 3.8) is 0 Å². The number of hydrogen-bond acceptors (Lipinski definition) is 3. The molecule has 2 fully saturated rings. The standard InChI is InChI=1S/C20H31N3O/c1-16-7-6-10-19(17(16)2)21-20(24)15-22-11-13-23(14-12-22)18-8-4-3-5-9-18/h3-5,8-9,16-17,19H,6-7,10-15H2,1-2H3,(H,21,24)/t16-,17-,19-/m1/s1. The first-order chi connectivity index (χ1) is 11.6. The number of nitrogens with one attached hydrogen (secondary N) is 1. The lowest BCUT2D eigenvalue weighted by Crippen LogP contribution is -2.52. The third kappa shape index (κ3) is 4.29. The first kappa shape index (κ1) is 17.3. The number of carbonyl (C=O) groups excluding carboxylic acids is 1. The predicted octanol–water partition coefficient (Wildman–Crippen LogP) is 2.75. The third-order valence-corrected chi connectivity index (χ3v) is 5.91. The zero-order chi connectivity index (χ0) is 16.9. The van der Waals surface area contributed by atoms with Gasteiger partial charge in [-0.25, -0.2) is 0 Å². The van der Waals surface area contributed by atoms with E-state index in [-0.39, 0.29) is 5.91 Å². The molecule has 4 nitrogen and oxygen atoms in total. The second kappa shape index (κ2) is 8.02. The van der Waals surface area contributed by atoms with Crippen molar-refractivity contribution in [2.45, 2.75) is 39.2 Å². The van der Waals surface area contributed by atoms with Gasteiger partial charge in [0.1, 0.15) is 0 Å². The lowest BCUT2D eigenvalue weighted by Gasteiger charge is -2.37. The van der Waals surface area contributed by atoms with Gasteiger partial charge >= 0.3 is 0 Å². The van der Waals surface area contributed by atoms with Gasteiger partial charge in [0.2, 0.25) is 5.91 Å². The van der Waals surface area contributed by atoms with Crippen molar-refractivity contribution in [2.24, 2.45) is 11.8 Å². The second-order valence-electron chi connectivity index (χ2n) is 7.54. The fourth-order valence-corrected chi connectivity index (χ4v) is 4.04. The molecule has 0 aromatic heterocycles. The molecule has 0 bridgehead atoms. The summed E-state index contributed by atoms with van der Waals surface area (Å²) in [5.74, 6) is 1.52. The number of rotatable bonds is 4. The molecule has 1 saturated heterocycles. The average Bonchev–Trinajstić information content (AvgIpc) is 2.60. The Hall–Kier alpha value is -1.55. The number of para-hydroxylation sites is 1. The topological polar surface area (TPSA) is 35.6 Å². The van der Waals surface area contributed by atoms with Crippen LogP contribution in [0.2, 0.25) is 0 Å². The van der Waals surface area contributed by atoms with E-state index in [4.69, 9.17) is 0 Å². The van der Waals surface area contributed by atoms with E-state index in [1.165, 1.54) is 18.5 Å².